The highest BCUT2D eigenvalue weighted by Crippen LogP contribution is 2.24. The molecule has 0 saturated heterocycles. The van der Waals surface area contributed by atoms with E-state index in [1.807, 2.05) is 18.2 Å². The minimum absolute atomic E-state index is 0.112. The van der Waals surface area contributed by atoms with E-state index in [0.717, 1.165) is 15.5 Å². The molecule has 0 fully saturated rings. The number of imidazole rings is 1. The van der Waals surface area contributed by atoms with Gasteiger partial charge in [-0.2, -0.15) is 0 Å². The van der Waals surface area contributed by atoms with Crippen molar-refractivity contribution in [3.05, 3.63) is 29.0 Å². The second-order valence-electron chi connectivity index (χ2n) is 6.33. The fraction of sp³-hybridized carbons (Fsp3) is 0.438. The number of primary amides is 1. The number of hydrogen-bond acceptors (Lipinski definition) is 4. The van der Waals surface area contributed by atoms with Gasteiger partial charge >= 0.3 is 5.97 Å². The highest BCUT2D eigenvalue weighted by molar-refractivity contribution is 9.10. The molecule has 0 bridgehead atoms. The first-order valence-electron chi connectivity index (χ1n) is 7.30. The lowest BCUT2D eigenvalue weighted by Crippen LogP contribution is -2.28. The van der Waals surface area contributed by atoms with Crippen LogP contribution in [-0.2, 0) is 14.3 Å². The van der Waals surface area contributed by atoms with Crippen LogP contribution in [0.1, 0.15) is 39.7 Å². The van der Waals surface area contributed by atoms with Gasteiger partial charge in [-0.25, -0.2) is 4.98 Å². The minimum Gasteiger partial charge on any atom is -0.460 e. The van der Waals surface area contributed by atoms with Crippen molar-refractivity contribution in [2.45, 2.75) is 45.3 Å². The van der Waals surface area contributed by atoms with Crippen molar-refractivity contribution < 1.29 is 14.3 Å². The van der Waals surface area contributed by atoms with E-state index in [1.165, 1.54) is 0 Å². The van der Waals surface area contributed by atoms with Gasteiger partial charge in [0, 0.05) is 10.9 Å². The van der Waals surface area contributed by atoms with E-state index in [0.29, 0.717) is 0 Å². The van der Waals surface area contributed by atoms with Crippen molar-refractivity contribution in [3.63, 3.8) is 0 Å². The molecule has 0 aliphatic carbocycles. The molecule has 0 aliphatic rings. The Hall–Kier alpha value is -1.89. The maximum Gasteiger partial charge on any atom is 0.306 e. The van der Waals surface area contributed by atoms with E-state index in [2.05, 4.69) is 20.9 Å². The average Bonchev–Trinajstić information content (AvgIpc) is 2.79. The molecule has 1 aromatic heterocycles. The molecule has 0 saturated carbocycles. The van der Waals surface area contributed by atoms with E-state index in [1.54, 1.807) is 31.7 Å². The molecule has 1 heterocycles. The zero-order chi connectivity index (χ0) is 17.2. The summed E-state index contributed by atoms with van der Waals surface area (Å²) in [5.41, 5.74) is 6.51. The summed E-state index contributed by atoms with van der Waals surface area (Å²) >= 11 is 3.38. The van der Waals surface area contributed by atoms with E-state index in [4.69, 9.17) is 10.5 Å². The topological polar surface area (TPSA) is 87.2 Å². The summed E-state index contributed by atoms with van der Waals surface area (Å²) in [6, 6.07) is 4.94. The molecule has 2 aromatic rings. The first-order valence-corrected chi connectivity index (χ1v) is 8.10. The van der Waals surface area contributed by atoms with Gasteiger partial charge in [-0.05, 0) is 45.4 Å². The number of carbonyl (C=O) groups is 2. The van der Waals surface area contributed by atoms with Gasteiger partial charge in [0.25, 0.3) is 0 Å². The molecular weight excluding hydrogens is 362 g/mol. The lowest BCUT2D eigenvalue weighted by molar-refractivity contribution is -0.155. The number of carbonyl (C=O) groups excluding carboxylic acids is 2. The summed E-state index contributed by atoms with van der Waals surface area (Å²) < 4.78 is 7.87. The summed E-state index contributed by atoms with van der Waals surface area (Å²) in [6.45, 7) is 5.41. The van der Waals surface area contributed by atoms with Crippen LogP contribution in [0.25, 0.3) is 11.0 Å². The van der Waals surface area contributed by atoms with Crippen molar-refractivity contribution in [2.24, 2.45) is 5.73 Å². The molecule has 0 aliphatic heterocycles. The second-order valence-corrected chi connectivity index (χ2v) is 7.24. The molecule has 6 nitrogen and oxygen atoms in total. The molecule has 0 radical (unpaired) electrons. The van der Waals surface area contributed by atoms with E-state index < -0.39 is 17.6 Å². The van der Waals surface area contributed by atoms with Crippen molar-refractivity contribution in [1.82, 2.24) is 9.55 Å². The zero-order valence-corrected chi connectivity index (χ0v) is 15.0. The summed E-state index contributed by atoms with van der Waals surface area (Å²) in [6.07, 6.45) is 1.95. The Kier molecular flexibility index (Phi) is 5.09. The quantitative estimate of drug-likeness (QED) is 0.806. The van der Waals surface area contributed by atoms with Crippen LogP contribution in [-0.4, -0.2) is 27.0 Å². The molecule has 1 unspecified atom stereocenters. The predicted molar refractivity (Wildman–Crippen MR) is 90.7 cm³/mol. The third-order valence-corrected chi connectivity index (χ3v) is 3.74. The van der Waals surface area contributed by atoms with Crippen LogP contribution in [0.5, 0.6) is 0 Å². The van der Waals surface area contributed by atoms with Crippen LogP contribution in [0.3, 0.4) is 0 Å². The number of benzene rings is 1. The molecule has 7 heteroatoms. The predicted octanol–water partition coefficient (Wildman–Crippen LogP) is 2.95. The monoisotopic (exact) mass is 381 g/mol. The van der Waals surface area contributed by atoms with Crippen LogP contribution in [0.4, 0.5) is 0 Å². The van der Waals surface area contributed by atoms with Gasteiger partial charge in [0.15, 0.2) is 0 Å². The fourth-order valence-corrected chi connectivity index (χ4v) is 2.67. The van der Waals surface area contributed by atoms with Crippen molar-refractivity contribution in [3.8, 4) is 0 Å². The number of esters is 1. The molecule has 2 rings (SSSR count). The summed E-state index contributed by atoms with van der Waals surface area (Å²) in [4.78, 5) is 28.0. The first kappa shape index (κ1) is 17.5. The Labute approximate surface area is 143 Å². The van der Waals surface area contributed by atoms with Gasteiger partial charge < -0.3 is 15.0 Å². The lowest BCUT2D eigenvalue weighted by atomic mass is 10.1. The maximum absolute atomic E-state index is 11.9. The number of hydrogen-bond donors (Lipinski definition) is 1. The van der Waals surface area contributed by atoms with Crippen LogP contribution in [0.2, 0.25) is 0 Å². The molecule has 0 spiro atoms. The standard InChI is InChI=1S/C16H20BrN3O3/c1-16(2,3)23-14(21)7-6-13(15(18)22)20-9-19-11-8-10(17)4-5-12(11)20/h4-5,8-9,13H,6-7H2,1-3H3,(H2,18,22). The second kappa shape index (κ2) is 6.70. The maximum atomic E-state index is 11.9. The molecule has 1 aromatic carbocycles. The summed E-state index contributed by atoms with van der Waals surface area (Å²) in [5.74, 6) is -0.855. The molecule has 1 atom stereocenters. The lowest BCUT2D eigenvalue weighted by Gasteiger charge is -2.21. The Morgan fingerprint density at radius 1 is 1.39 bits per heavy atom. The summed E-state index contributed by atoms with van der Waals surface area (Å²) in [5, 5.41) is 0. The smallest absolute Gasteiger partial charge is 0.306 e. The van der Waals surface area contributed by atoms with Gasteiger partial charge in [0.2, 0.25) is 5.91 Å². The van der Waals surface area contributed by atoms with Gasteiger partial charge in [0.1, 0.15) is 11.6 Å². The van der Waals surface area contributed by atoms with Crippen LogP contribution < -0.4 is 5.73 Å². The third-order valence-electron chi connectivity index (χ3n) is 3.24. The number of halogens is 1. The van der Waals surface area contributed by atoms with Crippen LogP contribution in [0.15, 0.2) is 29.0 Å². The van der Waals surface area contributed by atoms with Crippen molar-refractivity contribution >= 4 is 38.8 Å². The van der Waals surface area contributed by atoms with E-state index >= 15 is 0 Å². The van der Waals surface area contributed by atoms with E-state index in [-0.39, 0.29) is 18.8 Å². The van der Waals surface area contributed by atoms with E-state index in [9.17, 15) is 9.59 Å². The number of fused-ring (bicyclic) bond motifs is 1. The largest absolute Gasteiger partial charge is 0.460 e. The minimum atomic E-state index is -0.645. The third kappa shape index (κ3) is 4.54. The highest BCUT2D eigenvalue weighted by atomic mass is 79.9. The first-order chi connectivity index (χ1) is 10.7. The molecule has 1 amide bonds. The normalized spacial score (nSPS) is 13.0. The van der Waals surface area contributed by atoms with Crippen molar-refractivity contribution in [1.29, 1.82) is 0 Å². The Morgan fingerprint density at radius 3 is 2.70 bits per heavy atom. The number of aromatic nitrogens is 2. The number of amides is 1. The fourth-order valence-electron chi connectivity index (χ4n) is 2.32. The van der Waals surface area contributed by atoms with Crippen molar-refractivity contribution in [2.75, 3.05) is 0 Å². The van der Waals surface area contributed by atoms with Gasteiger partial charge in [0.05, 0.1) is 17.4 Å². The molecule has 23 heavy (non-hydrogen) atoms. The zero-order valence-electron chi connectivity index (χ0n) is 13.4. The Bertz CT molecular complexity index is 734. The Morgan fingerprint density at radius 2 is 2.09 bits per heavy atom. The number of ether oxygens (including phenoxy) is 1. The Balaban J connectivity index is 2.18. The number of rotatable bonds is 5. The van der Waals surface area contributed by atoms with Crippen LogP contribution in [0, 0.1) is 0 Å². The van der Waals surface area contributed by atoms with Crippen LogP contribution >= 0.6 is 15.9 Å². The molecular formula is C16H20BrN3O3. The average molecular weight is 382 g/mol. The van der Waals surface area contributed by atoms with Gasteiger partial charge in [-0.1, -0.05) is 15.9 Å². The molecule has 124 valence electrons. The summed E-state index contributed by atoms with van der Waals surface area (Å²) in [7, 11) is 0. The van der Waals surface area contributed by atoms with Gasteiger partial charge in [-0.15, -0.1) is 0 Å². The number of nitrogens with zero attached hydrogens (tertiary/aromatic N) is 2. The molecule has 2 N–H and O–H groups in total. The SMILES string of the molecule is CC(C)(C)OC(=O)CCC(C(N)=O)n1cnc2cc(Br)ccc21. The highest BCUT2D eigenvalue weighted by Gasteiger charge is 2.23. The van der Waals surface area contributed by atoms with Gasteiger partial charge in [-0.3, -0.25) is 9.59 Å². The number of nitrogens with two attached hydrogens (primary N) is 1.